The molecule has 7 nitrogen and oxygen atoms in total. The number of benzene rings is 1. The van der Waals surface area contributed by atoms with Crippen molar-refractivity contribution in [3.8, 4) is 5.75 Å². The SMILES string of the molecule is CCOCc1cnc(C)nc1C1CCCN(S(=O)(=O)c2ccc(OC)cc2)C1. The Balaban J connectivity index is 1.84. The minimum atomic E-state index is -3.56. The lowest BCUT2D eigenvalue weighted by Gasteiger charge is -2.32. The highest BCUT2D eigenvalue weighted by Gasteiger charge is 2.32. The maximum atomic E-state index is 13.1. The van der Waals surface area contributed by atoms with Crippen molar-refractivity contribution in [2.24, 2.45) is 0 Å². The molecular weight excluding hydrogens is 378 g/mol. The Kier molecular flexibility index (Phi) is 6.64. The number of sulfonamides is 1. The standard InChI is InChI=1S/C20H27N3O4S/c1-4-27-14-17-12-21-15(2)22-20(17)16-6-5-11-23(13-16)28(24,25)19-9-7-18(26-3)8-10-19/h7-10,12,16H,4-6,11,13-14H2,1-3H3. The van der Waals surface area contributed by atoms with Crippen LogP contribution in [0, 0.1) is 6.92 Å². The van der Waals surface area contributed by atoms with Gasteiger partial charge in [-0.15, -0.1) is 0 Å². The van der Waals surface area contributed by atoms with E-state index in [2.05, 4.69) is 9.97 Å². The highest BCUT2D eigenvalue weighted by molar-refractivity contribution is 7.89. The minimum Gasteiger partial charge on any atom is -0.497 e. The fraction of sp³-hybridized carbons (Fsp3) is 0.500. The molecule has 1 aliphatic heterocycles. The van der Waals surface area contributed by atoms with Gasteiger partial charge in [0.15, 0.2) is 0 Å². The first-order valence-corrected chi connectivity index (χ1v) is 10.9. The second-order valence-electron chi connectivity index (χ2n) is 6.84. The van der Waals surface area contributed by atoms with Crippen LogP contribution < -0.4 is 4.74 Å². The van der Waals surface area contributed by atoms with E-state index in [0.717, 1.165) is 24.1 Å². The summed E-state index contributed by atoms with van der Waals surface area (Å²) in [5.74, 6) is 1.34. The van der Waals surface area contributed by atoms with E-state index in [1.807, 2.05) is 13.8 Å². The topological polar surface area (TPSA) is 81.6 Å². The predicted octanol–water partition coefficient (Wildman–Crippen LogP) is 2.90. The summed E-state index contributed by atoms with van der Waals surface area (Å²) in [4.78, 5) is 9.20. The van der Waals surface area contributed by atoms with Gasteiger partial charge in [0.1, 0.15) is 11.6 Å². The molecule has 0 saturated carbocycles. The van der Waals surface area contributed by atoms with E-state index in [0.29, 0.717) is 37.9 Å². The van der Waals surface area contributed by atoms with Crippen LogP contribution in [0.2, 0.25) is 0 Å². The van der Waals surface area contributed by atoms with Crippen LogP contribution in [0.1, 0.15) is 42.8 Å². The molecule has 2 heterocycles. The summed E-state index contributed by atoms with van der Waals surface area (Å²) in [6.07, 6.45) is 3.48. The number of methoxy groups -OCH3 is 1. The molecule has 1 saturated heterocycles. The zero-order valence-electron chi connectivity index (χ0n) is 16.6. The lowest BCUT2D eigenvalue weighted by Crippen LogP contribution is -2.39. The van der Waals surface area contributed by atoms with Gasteiger partial charge in [0.05, 0.1) is 24.3 Å². The maximum absolute atomic E-state index is 13.1. The molecule has 8 heteroatoms. The molecule has 0 amide bonds. The quantitative estimate of drug-likeness (QED) is 0.704. The summed E-state index contributed by atoms with van der Waals surface area (Å²) in [6, 6.07) is 6.52. The Morgan fingerprint density at radius 1 is 1.25 bits per heavy atom. The summed E-state index contributed by atoms with van der Waals surface area (Å²) in [7, 11) is -2.01. The highest BCUT2D eigenvalue weighted by atomic mass is 32.2. The molecule has 1 aromatic heterocycles. The molecule has 152 valence electrons. The minimum absolute atomic E-state index is 0.0268. The van der Waals surface area contributed by atoms with Gasteiger partial charge in [-0.2, -0.15) is 4.31 Å². The van der Waals surface area contributed by atoms with Crippen molar-refractivity contribution in [1.82, 2.24) is 14.3 Å². The zero-order chi connectivity index (χ0) is 20.1. The molecular formula is C20H27N3O4S. The van der Waals surface area contributed by atoms with Gasteiger partial charge in [-0.25, -0.2) is 18.4 Å². The third-order valence-electron chi connectivity index (χ3n) is 4.95. The molecule has 3 rings (SSSR count). The van der Waals surface area contributed by atoms with Crippen molar-refractivity contribution >= 4 is 10.0 Å². The highest BCUT2D eigenvalue weighted by Crippen LogP contribution is 2.31. The molecule has 2 aromatic rings. The third kappa shape index (κ3) is 4.51. The van der Waals surface area contributed by atoms with Crippen LogP contribution in [0.15, 0.2) is 35.4 Å². The van der Waals surface area contributed by atoms with E-state index in [1.165, 1.54) is 0 Å². The van der Waals surface area contributed by atoms with Gasteiger partial charge in [-0.1, -0.05) is 0 Å². The second kappa shape index (κ2) is 8.98. The molecule has 1 atom stereocenters. The van der Waals surface area contributed by atoms with Crippen molar-refractivity contribution in [1.29, 1.82) is 0 Å². The van der Waals surface area contributed by atoms with Crippen molar-refractivity contribution in [2.45, 2.75) is 44.1 Å². The van der Waals surface area contributed by atoms with Crippen LogP contribution in [0.4, 0.5) is 0 Å². The Morgan fingerprint density at radius 2 is 2.00 bits per heavy atom. The van der Waals surface area contributed by atoms with Crippen LogP contribution >= 0.6 is 0 Å². The van der Waals surface area contributed by atoms with Gasteiger partial charge >= 0.3 is 0 Å². The first-order valence-electron chi connectivity index (χ1n) is 9.50. The van der Waals surface area contributed by atoms with Crippen LogP contribution in [0.5, 0.6) is 5.75 Å². The number of aromatic nitrogens is 2. The summed E-state index contributed by atoms with van der Waals surface area (Å²) >= 11 is 0. The number of ether oxygens (including phenoxy) is 2. The normalized spacial score (nSPS) is 18.2. The number of rotatable bonds is 7. The van der Waals surface area contributed by atoms with E-state index in [9.17, 15) is 8.42 Å². The summed E-state index contributed by atoms with van der Waals surface area (Å²) in [5, 5.41) is 0. The first-order chi connectivity index (χ1) is 13.5. The Morgan fingerprint density at radius 3 is 2.68 bits per heavy atom. The molecule has 1 aromatic carbocycles. The average molecular weight is 406 g/mol. The van der Waals surface area contributed by atoms with Gasteiger partial charge in [-0.05, 0) is 51.0 Å². The summed E-state index contributed by atoms with van der Waals surface area (Å²) < 4.78 is 38.5. The molecule has 0 bridgehead atoms. The molecule has 0 aliphatic carbocycles. The van der Waals surface area contributed by atoms with Gasteiger partial charge in [0.2, 0.25) is 10.0 Å². The predicted molar refractivity (Wildman–Crippen MR) is 106 cm³/mol. The van der Waals surface area contributed by atoms with E-state index in [1.54, 1.807) is 41.9 Å². The Hall–Kier alpha value is -2.03. The lowest BCUT2D eigenvalue weighted by molar-refractivity contribution is 0.132. The average Bonchev–Trinajstić information content (AvgIpc) is 2.73. The van der Waals surface area contributed by atoms with Gasteiger partial charge in [-0.3, -0.25) is 0 Å². The fourth-order valence-electron chi connectivity index (χ4n) is 3.47. The summed E-state index contributed by atoms with van der Waals surface area (Å²) in [6.45, 7) is 5.75. The molecule has 28 heavy (non-hydrogen) atoms. The third-order valence-corrected chi connectivity index (χ3v) is 6.83. The number of hydrogen-bond donors (Lipinski definition) is 0. The molecule has 1 unspecified atom stereocenters. The van der Waals surface area contributed by atoms with Crippen molar-refractivity contribution in [3.63, 3.8) is 0 Å². The molecule has 1 aliphatic rings. The molecule has 0 N–H and O–H groups in total. The smallest absolute Gasteiger partial charge is 0.243 e. The molecule has 0 radical (unpaired) electrons. The van der Waals surface area contributed by atoms with Gasteiger partial charge in [0, 0.05) is 37.4 Å². The number of hydrogen-bond acceptors (Lipinski definition) is 6. The van der Waals surface area contributed by atoms with Gasteiger partial charge in [0.25, 0.3) is 0 Å². The fourth-order valence-corrected chi connectivity index (χ4v) is 4.99. The van der Waals surface area contributed by atoms with E-state index >= 15 is 0 Å². The van der Waals surface area contributed by atoms with Gasteiger partial charge < -0.3 is 9.47 Å². The van der Waals surface area contributed by atoms with E-state index in [-0.39, 0.29) is 10.8 Å². The number of nitrogens with zero attached hydrogens (tertiary/aromatic N) is 3. The second-order valence-corrected chi connectivity index (χ2v) is 8.78. The van der Waals surface area contributed by atoms with Crippen LogP contribution in [-0.4, -0.2) is 49.5 Å². The van der Waals surface area contributed by atoms with Crippen molar-refractivity contribution < 1.29 is 17.9 Å². The summed E-state index contributed by atoms with van der Waals surface area (Å²) in [5.41, 5.74) is 1.83. The van der Waals surface area contributed by atoms with Crippen LogP contribution in [0.25, 0.3) is 0 Å². The van der Waals surface area contributed by atoms with E-state index in [4.69, 9.17) is 9.47 Å². The monoisotopic (exact) mass is 405 g/mol. The van der Waals surface area contributed by atoms with E-state index < -0.39 is 10.0 Å². The van der Waals surface area contributed by atoms with Crippen molar-refractivity contribution in [2.75, 3.05) is 26.8 Å². The lowest BCUT2D eigenvalue weighted by atomic mass is 9.93. The maximum Gasteiger partial charge on any atom is 0.243 e. The Bertz CT molecular complexity index is 900. The first kappa shape index (κ1) is 20.7. The molecule has 1 fully saturated rings. The molecule has 0 spiro atoms. The number of piperidine rings is 1. The zero-order valence-corrected chi connectivity index (χ0v) is 17.4. The van der Waals surface area contributed by atoms with Crippen molar-refractivity contribution in [3.05, 3.63) is 47.5 Å². The number of aryl methyl sites for hydroxylation is 1. The Labute approximate surface area is 166 Å². The van der Waals surface area contributed by atoms with Crippen LogP contribution in [0.3, 0.4) is 0 Å². The largest absolute Gasteiger partial charge is 0.497 e. The van der Waals surface area contributed by atoms with Crippen LogP contribution in [-0.2, 0) is 21.4 Å².